The molecule has 20 heavy (non-hydrogen) atoms. The van der Waals surface area contributed by atoms with Gasteiger partial charge in [0.2, 0.25) is 11.7 Å². The molecule has 0 spiro atoms. The Morgan fingerprint density at radius 2 is 2.20 bits per heavy atom. The van der Waals surface area contributed by atoms with E-state index in [1.54, 1.807) is 13.1 Å². The van der Waals surface area contributed by atoms with Crippen LogP contribution in [0.4, 0.5) is 11.5 Å². The predicted octanol–water partition coefficient (Wildman–Crippen LogP) is 1.75. The Morgan fingerprint density at radius 1 is 1.50 bits per heavy atom. The van der Waals surface area contributed by atoms with Crippen LogP contribution in [0.3, 0.4) is 0 Å². The lowest BCUT2D eigenvalue weighted by atomic mass is 9.84. The van der Waals surface area contributed by atoms with Crippen LogP contribution in [0.15, 0.2) is 12.3 Å². The summed E-state index contributed by atoms with van der Waals surface area (Å²) in [6.45, 7) is 1.75. The summed E-state index contributed by atoms with van der Waals surface area (Å²) in [5.41, 5.74) is 6.05. The van der Waals surface area contributed by atoms with Crippen LogP contribution in [0.1, 0.15) is 31.2 Å². The monoisotopic (exact) mass is 278 g/mol. The van der Waals surface area contributed by atoms with Gasteiger partial charge in [-0.05, 0) is 25.3 Å². The molecule has 0 radical (unpaired) electrons. The zero-order valence-electron chi connectivity index (χ0n) is 11.3. The Labute approximate surface area is 116 Å². The summed E-state index contributed by atoms with van der Waals surface area (Å²) in [5.74, 6) is -0.456. The number of carbonyl (C=O) groups is 1. The molecule has 7 heteroatoms. The van der Waals surface area contributed by atoms with Gasteiger partial charge in [0.1, 0.15) is 0 Å². The first-order chi connectivity index (χ1) is 9.49. The number of primary amides is 1. The van der Waals surface area contributed by atoms with Gasteiger partial charge < -0.3 is 11.1 Å². The largest absolute Gasteiger partial charge is 0.369 e. The number of nitrogens with two attached hydrogens (primary N) is 1. The summed E-state index contributed by atoms with van der Waals surface area (Å²) in [7, 11) is 0. The zero-order valence-corrected chi connectivity index (χ0v) is 11.3. The number of nitrogens with zero attached hydrogens (tertiary/aromatic N) is 2. The van der Waals surface area contributed by atoms with Crippen molar-refractivity contribution in [3.05, 3.63) is 27.9 Å². The first kappa shape index (κ1) is 14.2. The number of hydrogen-bond donors (Lipinski definition) is 2. The molecule has 1 amide bonds. The molecule has 1 fully saturated rings. The van der Waals surface area contributed by atoms with E-state index < -0.39 is 4.92 Å². The first-order valence-corrected chi connectivity index (χ1v) is 6.66. The van der Waals surface area contributed by atoms with Crippen LogP contribution in [0, 0.1) is 23.0 Å². The van der Waals surface area contributed by atoms with Gasteiger partial charge >= 0.3 is 5.69 Å². The smallest absolute Gasteiger partial charge is 0.311 e. The molecule has 0 unspecified atom stereocenters. The molecule has 1 aromatic heterocycles. The number of aromatic nitrogens is 1. The fourth-order valence-electron chi connectivity index (χ4n) is 2.62. The second kappa shape index (κ2) is 5.85. The van der Waals surface area contributed by atoms with E-state index in [1.807, 2.05) is 0 Å². The Kier molecular flexibility index (Phi) is 4.16. The van der Waals surface area contributed by atoms with Crippen molar-refractivity contribution < 1.29 is 9.72 Å². The molecule has 3 N–H and O–H groups in total. The van der Waals surface area contributed by atoms with Crippen molar-refractivity contribution >= 4 is 17.4 Å². The molecule has 0 saturated heterocycles. The molecule has 1 aliphatic carbocycles. The van der Waals surface area contributed by atoms with Crippen LogP contribution in [-0.4, -0.2) is 21.9 Å². The van der Waals surface area contributed by atoms with E-state index in [4.69, 9.17) is 5.73 Å². The highest BCUT2D eigenvalue weighted by Gasteiger charge is 2.31. The summed E-state index contributed by atoms with van der Waals surface area (Å²) in [4.78, 5) is 26.1. The number of nitro groups is 1. The standard InChI is InChI=1S/C13H18N4O3/c1-8-6-11(17(19)20)13(15-7-8)16-10-5-3-2-4-9(10)12(14)18/h6-7,9-10H,2-5H2,1H3,(H2,14,18)(H,15,16)/t9-,10-/m1/s1. The molecular formula is C13H18N4O3. The van der Waals surface area contributed by atoms with Crippen molar-refractivity contribution in [1.82, 2.24) is 4.98 Å². The molecule has 1 saturated carbocycles. The van der Waals surface area contributed by atoms with Crippen LogP contribution in [0.2, 0.25) is 0 Å². The van der Waals surface area contributed by atoms with E-state index in [1.165, 1.54) is 6.07 Å². The number of carbonyl (C=O) groups excluding carboxylic acids is 1. The summed E-state index contributed by atoms with van der Waals surface area (Å²) >= 11 is 0. The van der Waals surface area contributed by atoms with E-state index in [9.17, 15) is 14.9 Å². The second-order valence-corrected chi connectivity index (χ2v) is 5.18. The molecule has 7 nitrogen and oxygen atoms in total. The van der Waals surface area contributed by atoms with Crippen molar-refractivity contribution in [2.75, 3.05) is 5.32 Å². The van der Waals surface area contributed by atoms with E-state index >= 15 is 0 Å². The van der Waals surface area contributed by atoms with Crippen molar-refractivity contribution in [2.24, 2.45) is 11.7 Å². The highest BCUT2D eigenvalue weighted by molar-refractivity contribution is 5.78. The molecular weight excluding hydrogens is 260 g/mol. The zero-order chi connectivity index (χ0) is 14.7. The van der Waals surface area contributed by atoms with Crippen molar-refractivity contribution in [1.29, 1.82) is 0 Å². The molecule has 2 rings (SSSR count). The van der Waals surface area contributed by atoms with Gasteiger partial charge in [0.25, 0.3) is 0 Å². The quantitative estimate of drug-likeness (QED) is 0.643. The summed E-state index contributed by atoms with van der Waals surface area (Å²) in [6, 6.07) is 1.28. The summed E-state index contributed by atoms with van der Waals surface area (Å²) in [6.07, 6.45) is 4.97. The third-order valence-electron chi connectivity index (χ3n) is 3.65. The van der Waals surface area contributed by atoms with Gasteiger partial charge in [0.15, 0.2) is 0 Å². The number of anilines is 1. The van der Waals surface area contributed by atoms with Crippen LogP contribution >= 0.6 is 0 Å². The Morgan fingerprint density at radius 3 is 2.85 bits per heavy atom. The van der Waals surface area contributed by atoms with Gasteiger partial charge in [-0.2, -0.15) is 0 Å². The third kappa shape index (κ3) is 3.04. The minimum atomic E-state index is -0.468. The Hall–Kier alpha value is -2.18. The molecule has 0 bridgehead atoms. The second-order valence-electron chi connectivity index (χ2n) is 5.18. The van der Waals surface area contributed by atoms with Crippen molar-refractivity contribution in [3.63, 3.8) is 0 Å². The number of pyridine rings is 1. The minimum absolute atomic E-state index is 0.0706. The number of hydrogen-bond acceptors (Lipinski definition) is 5. The first-order valence-electron chi connectivity index (χ1n) is 6.66. The maximum absolute atomic E-state index is 11.5. The third-order valence-corrected chi connectivity index (χ3v) is 3.65. The Bertz CT molecular complexity index is 532. The van der Waals surface area contributed by atoms with Gasteiger partial charge in [0.05, 0.1) is 10.8 Å². The molecule has 108 valence electrons. The van der Waals surface area contributed by atoms with Gasteiger partial charge in [-0.3, -0.25) is 14.9 Å². The number of rotatable bonds is 4. The lowest BCUT2D eigenvalue weighted by Crippen LogP contribution is -2.40. The summed E-state index contributed by atoms with van der Waals surface area (Å²) in [5, 5.41) is 14.1. The molecule has 2 atom stereocenters. The number of aryl methyl sites for hydroxylation is 1. The normalized spacial score (nSPS) is 22.2. The molecule has 1 heterocycles. The summed E-state index contributed by atoms with van der Waals surface area (Å²) < 4.78 is 0. The fourth-order valence-corrected chi connectivity index (χ4v) is 2.62. The van der Waals surface area contributed by atoms with Crippen molar-refractivity contribution in [2.45, 2.75) is 38.6 Å². The molecule has 1 aromatic rings. The van der Waals surface area contributed by atoms with Gasteiger partial charge in [0, 0.05) is 18.3 Å². The van der Waals surface area contributed by atoms with Gasteiger partial charge in [-0.1, -0.05) is 12.8 Å². The number of nitrogens with one attached hydrogen (secondary N) is 1. The average Bonchev–Trinajstić information content (AvgIpc) is 2.41. The molecule has 0 aliphatic heterocycles. The lowest BCUT2D eigenvalue weighted by Gasteiger charge is -2.30. The van der Waals surface area contributed by atoms with Gasteiger partial charge in [-0.15, -0.1) is 0 Å². The van der Waals surface area contributed by atoms with E-state index in [2.05, 4.69) is 10.3 Å². The highest BCUT2D eigenvalue weighted by Crippen LogP contribution is 2.30. The lowest BCUT2D eigenvalue weighted by molar-refractivity contribution is -0.384. The maximum Gasteiger partial charge on any atom is 0.311 e. The number of amides is 1. The topological polar surface area (TPSA) is 111 Å². The van der Waals surface area contributed by atoms with Crippen LogP contribution in [0.5, 0.6) is 0 Å². The van der Waals surface area contributed by atoms with E-state index in [0.717, 1.165) is 24.8 Å². The predicted molar refractivity (Wildman–Crippen MR) is 74.2 cm³/mol. The van der Waals surface area contributed by atoms with Gasteiger partial charge in [-0.25, -0.2) is 4.98 Å². The van der Waals surface area contributed by atoms with E-state index in [-0.39, 0.29) is 29.4 Å². The van der Waals surface area contributed by atoms with Crippen LogP contribution < -0.4 is 11.1 Å². The van der Waals surface area contributed by atoms with Crippen LogP contribution in [-0.2, 0) is 4.79 Å². The molecule has 0 aromatic carbocycles. The molecule has 1 aliphatic rings. The Balaban J connectivity index is 2.24. The van der Waals surface area contributed by atoms with Crippen LogP contribution in [0.25, 0.3) is 0 Å². The maximum atomic E-state index is 11.5. The minimum Gasteiger partial charge on any atom is -0.369 e. The average molecular weight is 278 g/mol. The van der Waals surface area contributed by atoms with E-state index in [0.29, 0.717) is 6.42 Å². The fraction of sp³-hybridized carbons (Fsp3) is 0.538. The SMILES string of the molecule is Cc1cnc(N[C@@H]2CCCC[C@H]2C(N)=O)c([N+](=O)[O-])c1. The highest BCUT2D eigenvalue weighted by atomic mass is 16.6. The van der Waals surface area contributed by atoms with Crippen molar-refractivity contribution in [3.8, 4) is 0 Å².